The second kappa shape index (κ2) is 5.87. The molecule has 2 N–H and O–H groups in total. The van der Waals surface area contributed by atoms with E-state index in [1.165, 1.54) is 6.07 Å². The van der Waals surface area contributed by atoms with Gasteiger partial charge in [0.25, 0.3) is 5.91 Å². The lowest BCUT2D eigenvalue weighted by Crippen LogP contribution is -2.37. The first-order valence-electron chi connectivity index (χ1n) is 5.74. The molecule has 98 valence electrons. The molecule has 1 unspecified atom stereocenters. The fraction of sp³-hybridized carbons (Fsp3) is 0.417. The van der Waals surface area contributed by atoms with E-state index in [9.17, 15) is 9.18 Å². The summed E-state index contributed by atoms with van der Waals surface area (Å²) < 4.78 is 13.3. The summed E-state index contributed by atoms with van der Waals surface area (Å²) in [4.78, 5) is 11.9. The Morgan fingerprint density at radius 3 is 2.89 bits per heavy atom. The molecule has 6 heteroatoms. The van der Waals surface area contributed by atoms with Crippen LogP contribution in [0.3, 0.4) is 0 Å². The standard InChI is InChI=1S/C12H13Cl2FN2O/c13-9-5-10(14)11(15)4-8(9)12(18)17-6-7-2-1-3-16-7/h4-5,7,16H,1-3,6H2,(H,17,18). The fourth-order valence-corrected chi connectivity index (χ4v) is 2.41. The summed E-state index contributed by atoms with van der Waals surface area (Å²) in [5.74, 6) is -1.03. The lowest BCUT2D eigenvalue weighted by molar-refractivity contribution is 0.0950. The van der Waals surface area contributed by atoms with Gasteiger partial charge in [-0.2, -0.15) is 0 Å². The average molecular weight is 291 g/mol. The number of hydrogen-bond donors (Lipinski definition) is 2. The number of hydrogen-bond acceptors (Lipinski definition) is 2. The maximum atomic E-state index is 13.3. The van der Waals surface area contributed by atoms with E-state index in [1.54, 1.807) is 0 Å². The van der Waals surface area contributed by atoms with Gasteiger partial charge in [0.2, 0.25) is 0 Å². The Labute approximate surface area is 115 Å². The van der Waals surface area contributed by atoms with Crippen molar-refractivity contribution < 1.29 is 9.18 Å². The smallest absolute Gasteiger partial charge is 0.252 e. The number of benzene rings is 1. The van der Waals surface area contributed by atoms with Crippen LogP contribution in [-0.2, 0) is 0 Å². The fourth-order valence-electron chi connectivity index (χ4n) is 1.94. The first kappa shape index (κ1) is 13.6. The zero-order valence-electron chi connectivity index (χ0n) is 9.60. The highest BCUT2D eigenvalue weighted by Crippen LogP contribution is 2.24. The Bertz CT molecular complexity index is 462. The molecule has 3 nitrogen and oxygen atoms in total. The highest BCUT2D eigenvalue weighted by Gasteiger charge is 2.17. The van der Waals surface area contributed by atoms with Gasteiger partial charge in [0.1, 0.15) is 5.82 Å². The van der Waals surface area contributed by atoms with Crippen molar-refractivity contribution in [3.63, 3.8) is 0 Å². The minimum Gasteiger partial charge on any atom is -0.350 e. The van der Waals surface area contributed by atoms with E-state index < -0.39 is 5.82 Å². The molecule has 1 atom stereocenters. The molecular weight excluding hydrogens is 278 g/mol. The van der Waals surface area contributed by atoms with Crippen LogP contribution < -0.4 is 10.6 Å². The van der Waals surface area contributed by atoms with Gasteiger partial charge >= 0.3 is 0 Å². The largest absolute Gasteiger partial charge is 0.350 e. The van der Waals surface area contributed by atoms with Crippen molar-refractivity contribution >= 4 is 29.1 Å². The molecule has 1 aliphatic heterocycles. The van der Waals surface area contributed by atoms with Crippen LogP contribution in [0.4, 0.5) is 4.39 Å². The maximum Gasteiger partial charge on any atom is 0.252 e. The summed E-state index contributed by atoms with van der Waals surface area (Å²) in [6, 6.07) is 2.58. The Balaban J connectivity index is 2.01. The molecule has 2 rings (SSSR count). The summed E-state index contributed by atoms with van der Waals surface area (Å²) in [5, 5.41) is 6.05. The van der Waals surface area contributed by atoms with Crippen molar-refractivity contribution in [2.24, 2.45) is 0 Å². The van der Waals surface area contributed by atoms with Crippen LogP contribution >= 0.6 is 23.2 Å². The highest BCUT2D eigenvalue weighted by molar-refractivity contribution is 6.36. The van der Waals surface area contributed by atoms with Crippen LogP contribution in [0.15, 0.2) is 12.1 Å². The van der Waals surface area contributed by atoms with Gasteiger partial charge in [-0.05, 0) is 31.5 Å². The van der Waals surface area contributed by atoms with Gasteiger partial charge in [0, 0.05) is 12.6 Å². The first-order valence-corrected chi connectivity index (χ1v) is 6.49. The molecule has 1 aromatic carbocycles. The topological polar surface area (TPSA) is 41.1 Å². The Kier molecular flexibility index (Phi) is 4.43. The first-order chi connectivity index (χ1) is 8.58. The third kappa shape index (κ3) is 3.13. The molecule has 0 aliphatic carbocycles. The second-order valence-corrected chi connectivity index (χ2v) is 5.06. The van der Waals surface area contributed by atoms with Crippen LogP contribution in [0.1, 0.15) is 23.2 Å². The van der Waals surface area contributed by atoms with E-state index in [-0.39, 0.29) is 27.6 Å². The van der Waals surface area contributed by atoms with Gasteiger partial charge in [-0.3, -0.25) is 4.79 Å². The molecular formula is C12H13Cl2FN2O. The molecule has 1 saturated heterocycles. The molecule has 0 radical (unpaired) electrons. The van der Waals surface area contributed by atoms with Gasteiger partial charge in [0.15, 0.2) is 0 Å². The molecule has 1 amide bonds. The number of carbonyl (C=O) groups is 1. The van der Waals surface area contributed by atoms with E-state index >= 15 is 0 Å². The van der Waals surface area contributed by atoms with Crippen LogP contribution in [0.25, 0.3) is 0 Å². The summed E-state index contributed by atoms with van der Waals surface area (Å²) in [6.07, 6.45) is 2.14. The van der Waals surface area contributed by atoms with Crippen molar-refractivity contribution in [2.75, 3.05) is 13.1 Å². The van der Waals surface area contributed by atoms with Crippen LogP contribution in [0.5, 0.6) is 0 Å². The molecule has 1 aliphatic rings. The average Bonchev–Trinajstić information content (AvgIpc) is 2.84. The molecule has 0 aromatic heterocycles. The zero-order chi connectivity index (χ0) is 13.1. The van der Waals surface area contributed by atoms with Gasteiger partial charge in [-0.1, -0.05) is 23.2 Å². The van der Waals surface area contributed by atoms with Gasteiger partial charge in [-0.25, -0.2) is 4.39 Å². The van der Waals surface area contributed by atoms with Gasteiger partial charge in [0.05, 0.1) is 15.6 Å². The lowest BCUT2D eigenvalue weighted by atomic mass is 10.2. The highest BCUT2D eigenvalue weighted by atomic mass is 35.5. The number of nitrogens with one attached hydrogen (secondary N) is 2. The zero-order valence-corrected chi connectivity index (χ0v) is 11.1. The second-order valence-electron chi connectivity index (χ2n) is 4.25. The maximum absolute atomic E-state index is 13.3. The van der Waals surface area contributed by atoms with Crippen LogP contribution in [0.2, 0.25) is 10.0 Å². The van der Waals surface area contributed by atoms with Crippen molar-refractivity contribution in [1.82, 2.24) is 10.6 Å². The van der Waals surface area contributed by atoms with Crippen molar-refractivity contribution in [1.29, 1.82) is 0 Å². The summed E-state index contributed by atoms with van der Waals surface area (Å²) in [7, 11) is 0. The molecule has 0 spiro atoms. The number of carbonyl (C=O) groups excluding carboxylic acids is 1. The summed E-state index contributed by atoms with van der Waals surface area (Å²) in [6.45, 7) is 1.48. The van der Waals surface area contributed by atoms with E-state index in [0.29, 0.717) is 6.54 Å². The van der Waals surface area contributed by atoms with E-state index in [2.05, 4.69) is 10.6 Å². The molecule has 0 bridgehead atoms. The minimum absolute atomic E-state index is 0.0889. The monoisotopic (exact) mass is 290 g/mol. The number of amides is 1. The Morgan fingerprint density at radius 1 is 1.44 bits per heavy atom. The SMILES string of the molecule is O=C(NCC1CCCN1)c1cc(F)c(Cl)cc1Cl. The molecule has 1 heterocycles. The third-order valence-corrected chi connectivity index (χ3v) is 3.53. The van der Waals surface area contributed by atoms with Crippen molar-refractivity contribution in [3.05, 3.63) is 33.6 Å². The van der Waals surface area contributed by atoms with Gasteiger partial charge < -0.3 is 10.6 Å². The Hall–Kier alpha value is -0.840. The molecule has 1 fully saturated rings. The summed E-state index contributed by atoms with van der Waals surface area (Å²) >= 11 is 11.4. The minimum atomic E-state index is -0.648. The van der Waals surface area contributed by atoms with Crippen LogP contribution in [0, 0.1) is 5.82 Å². The van der Waals surface area contributed by atoms with Crippen LogP contribution in [-0.4, -0.2) is 25.0 Å². The predicted octanol–water partition coefficient (Wildman–Crippen LogP) is 2.61. The molecule has 18 heavy (non-hydrogen) atoms. The lowest BCUT2D eigenvalue weighted by Gasteiger charge is -2.12. The van der Waals surface area contributed by atoms with Crippen molar-refractivity contribution in [2.45, 2.75) is 18.9 Å². The van der Waals surface area contributed by atoms with Gasteiger partial charge in [-0.15, -0.1) is 0 Å². The summed E-state index contributed by atoms with van der Waals surface area (Å²) in [5.41, 5.74) is 0.108. The van der Waals surface area contributed by atoms with E-state index in [1.807, 2.05) is 0 Å². The third-order valence-electron chi connectivity index (χ3n) is 2.93. The van der Waals surface area contributed by atoms with E-state index in [0.717, 1.165) is 25.5 Å². The normalized spacial score (nSPS) is 18.9. The van der Waals surface area contributed by atoms with Crippen molar-refractivity contribution in [3.8, 4) is 0 Å². The quantitative estimate of drug-likeness (QED) is 0.841. The van der Waals surface area contributed by atoms with E-state index in [4.69, 9.17) is 23.2 Å². The Morgan fingerprint density at radius 2 is 2.22 bits per heavy atom. The molecule has 0 saturated carbocycles. The molecule has 1 aromatic rings. The predicted molar refractivity (Wildman–Crippen MR) is 69.8 cm³/mol. The number of rotatable bonds is 3. The number of halogens is 3.